The summed E-state index contributed by atoms with van der Waals surface area (Å²) in [5.41, 5.74) is 0.286. The molecular formula is C33H48N3O12+. The molecule has 3 rings (SSSR count). The number of hydrogen-bond acceptors (Lipinski definition) is 11. The first kappa shape index (κ1) is 38.6. The van der Waals surface area contributed by atoms with Crippen LogP contribution in [0.15, 0.2) is 30.4 Å². The molecule has 15 heteroatoms. The van der Waals surface area contributed by atoms with Crippen molar-refractivity contribution in [3.63, 3.8) is 0 Å². The van der Waals surface area contributed by atoms with Crippen LogP contribution in [-0.4, -0.2) is 142 Å². The maximum atomic E-state index is 13.2. The Morgan fingerprint density at radius 2 is 1.58 bits per heavy atom. The summed E-state index contributed by atoms with van der Waals surface area (Å²) in [6.07, 6.45) is -5.29. The Hall–Kier alpha value is -3.89. The zero-order valence-corrected chi connectivity index (χ0v) is 28.3. The zero-order chi connectivity index (χ0) is 36.0. The molecule has 266 valence electrons. The highest BCUT2D eigenvalue weighted by atomic mass is 16.7. The number of carbonyl (C=O) groups is 5. The number of carboxylic acid groups (broad SMARTS) is 1. The molecule has 2 heterocycles. The Morgan fingerprint density at radius 3 is 2.17 bits per heavy atom. The topological polar surface area (TPSA) is 200 Å². The van der Waals surface area contributed by atoms with E-state index in [0.717, 1.165) is 23.6 Å². The average Bonchev–Trinajstić information content (AvgIpc) is 3.30. The second-order valence-corrected chi connectivity index (χ2v) is 14.1. The molecule has 2 aliphatic rings. The lowest BCUT2D eigenvalue weighted by Gasteiger charge is -2.38. The van der Waals surface area contributed by atoms with Gasteiger partial charge in [-0.1, -0.05) is 12.1 Å². The SMILES string of the molecule is CC(C)(C)C(=O)OCc1ccc(CCCN(CCC[N+](C)(C)C)C(=O)CN2C(=O)C=CC2=O)cc1OC1O[C@H](C(=O)O)[C@@H](O)[C@H](O)[C@H]1O. The van der Waals surface area contributed by atoms with Gasteiger partial charge in [0.25, 0.3) is 11.8 Å². The van der Waals surface area contributed by atoms with E-state index in [2.05, 4.69) is 0 Å². The van der Waals surface area contributed by atoms with Crippen LogP contribution in [0, 0.1) is 5.41 Å². The van der Waals surface area contributed by atoms with Gasteiger partial charge < -0.3 is 44.0 Å². The molecule has 3 amide bonds. The molecule has 0 saturated carbocycles. The number of aliphatic carboxylic acids is 1. The van der Waals surface area contributed by atoms with Gasteiger partial charge in [-0.15, -0.1) is 0 Å². The Bertz CT molecular complexity index is 1360. The zero-order valence-electron chi connectivity index (χ0n) is 28.3. The number of imide groups is 1. The summed E-state index contributed by atoms with van der Waals surface area (Å²) < 4.78 is 17.3. The van der Waals surface area contributed by atoms with Crippen LogP contribution in [0.3, 0.4) is 0 Å². The molecule has 1 unspecified atom stereocenters. The summed E-state index contributed by atoms with van der Waals surface area (Å²) in [5, 5.41) is 40.3. The number of aryl methyl sites for hydroxylation is 1. The van der Waals surface area contributed by atoms with Gasteiger partial charge in [0.2, 0.25) is 12.2 Å². The first-order valence-electron chi connectivity index (χ1n) is 15.8. The van der Waals surface area contributed by atoms with E-state index in [-0.39, 0.29) is 24.8 Å². The van der Waals surface area contributed by atoms with Crippen molar-refractivity contribution in [3.8, 4) is 5.75 Å². The highest BCUT2D eigenvalue weighted by molar-refractivity contribution is 6.14. The molecule has 4 N–H and O–H groups in total. The number of esters is 1. The van der Waals surface area contributed by atoms with Crippen LogP contribution in [0.4, 0.5) is 0 Å². The summed E-state index contributed by atoms with van der Waals surface area (Å²) in [5.74, 6) is -3.41. The molecule has 2 aliphatic heterocycles. The second-order valence-electron chi connectivity index (χ2n) is 14.1. The van der Waals surface area contributed by atoms with E-state index in [1.807, 2.05) is 21.1 Å². The quantitative estimate of drug-likeness (QED) is 0.109. The predicted molar refractivity (Wildman–Crippen MR) is 169 cm³/mol. The van der Waals surface area contributed by atoms with Crippen molar-refractivity contribution >= 4 is 29.7 Å². The lowest BCUT2D eigenvalue weighted by molar-refractivity contribution is -0.870. The third-order valence-corrected chi connectivity index (χ3v) is 7.86. The number of aliphatic hydroxyl groups is 3. The molecule has 15 nitrogen and oxygen atoms in total. The summed E-state index contributed by atoms with van der Waals surface area (Å²) in [7, 11) is 6.11. The Labute approximate surface area is 279 Å². The average molecular weight is 679 g/mol. The fraction of sp³-hybridized carbons (Fsp3) is 0.606. The summed E-state index contributed by atoms with van der Waals surface area (Å²) in [6.45, 7) is 6.00. The van der Waals surface area contributed by atoms with Gasteiger partial charge in [0.15, 0.2) is 6.10 Å². The van der Waals surface area contributed by atoms with Crippen LogP contribution < -0.4 is 4.74 Å². The van der Waals surface area contributed by atoms with Gasteiger partial charge in [0.05, 0.1) is 33.1 Å². The van der Waals surface area contributed by atoms with Crippen molar-refractivity contribution in [3.05, 3.63) is 41.5 Å². The molecule has 0 aromatic heterocycles. The maximum absolute atomic E-state index is 13.2. The van der Waals surface area contributed by atoms with Crippen molar-refractivity contribution in [1.82, 2.24) is 9.80 Å². The number of carboxylic acids is 1. The largest absolute Gasteiger partial charge is 0.479 e. The second kappa shape index (κ2) is 16.0. The number of nitrogens with zero attached hydrogens (tertiary/aromatic N) is 3. The molecule has 0 spiro atoms. The van der Waals surface area contributed by atoms with E-state index in [4.69, 9.17) is 14.2 Å². The minimum Gasteiger partial charge on any atom is -0.479 e. The lowest BCUT2D eigenvalue weighted by atomic mass is 9.97. The van der Waals surface area contributed by atoms with Gasteiger partial charge in [-0.25, -0.2) is 4.79 Å². The van der Waals surface area contributed by atoms with Gasteiger partial charge in [-0.3, -0.25) is 24.1 Å². The smallest absolute Gasteiger partial charge is 0.335 e. The number of quaternary nitrogens is 1. The lowest BCUT2D eigenvalue weighted by Crippen LogP contribution is -2.61. The number of carbonyl (C=O) groups excluding carboxylic acids is 4. The minimum absolute atomic E-state index is 0.0837. The summed E-state index contributed by atoms with van der Waals surface area (Å²) in [6, 6.07) is 5.00. The molecule has 1 fully saturated rings. The monoisotopic (exact) mass is 678 g/mol. The van der Waals surface area contributed by atoms with Gasteiger partial charge in [-0.05, 0) is 45.2 Å². The molecular weight excluding hydrogens is 630 g/mol. The van der Waals surface area contributed by atoms with Crippen LogP contribution in [0.2, 0.25) is 0 Å². The van der Waals surface area contributed by atoms with Crippen LogP contribution in [0.5, 0.6) is 5.75 Å². The molecule has 1 saturated heterocycles. The van der Waals surface area contributed by atoms with E-state index in [9.17, 15) is 44.4 Å². The van der Waals surface area contributed by atoms with Crippen LogP contribution in [-0.2, 0) is 46.5 Å². The third-order valence-electron chi connectivity index (χ3n) is 7.86. The first-order valence-corrected chi connectivity index (χ1v) is 15.8. The fourth-order valence-corrected chi connectivity index (χ4v) is 5.01. The van der Waals surface area contributed by atoms with E-state index in [0.29, 0.717) is 48.0 Å². The van der Waals surface area contributed by atoms with E-state index in [1.165, 1.54) is 0 Å². The molecule has 48 heavy (non-hydrogen) atoms. The Kier molecular flexibility index (Phi) is 12.9. The standard InChI is InChI=1S/C33H47N3O12/c1-33(2,3)32(45)46-19-21-11-10-20(17-22(21)47-31-28(42)26(40)27(41)29(48-31)30(43)44)9-7-14-34(15-8-16-36(4,5)6)25(39)18-35-23(37)12-13-24(35)38/h10-13,17,26-29,31,40-42H,7-9,14-16,18-19H2,1-6H3/p+1/t26-,27-,28+,29-,31?/m0/s1. The molecule has 0 radical (unpaired) electrons. The molecule has 1 aromatic rings. The third kappa shape index (κ3) is 10.6. The fourth-order valence-electron chi connectivity index (χ4n) is 5.01. The summed E-state index contributed by atoms with van der Waals surface area (Å²) >= 11 is 0. The minimum atomic E-state index is -1.90. The highest BCUT2D eigenvalue weighted by Crippen LogP contribution is 2.29. The van der Waals surface area contributed by atoms with Crippen LogP contribution in [0.1, 0.15) is 44.7 Å². The predicted octanol–water partition coefficient (Wildman–Crippen LogP) is -0.171. The van der Waals surface area contributed by atoms with E-state index >= 15 is 0 Å². The van der Waals surface area contributed by atoms with E-state index < -0.39 is 59.9 Å². The number of ether oxygens (including phenoxy) is 3. The van der Waals surface area contributed by atoms with Crippen LogP contribution in [0.25, 0.3) is 0 Å². The molecule has 0 bridgehead atoms. The molecule has 0 aliphatic carbocycles. The van der Waals surface area contributed by atoms with Crippen molar-refractivity contribution in [2.24, 2.45) is 5.41 Å². The summed E-state index contributed by atoms with van der Waals surface area (Å²) in [4.78, 5) is 63.9. The highest BCUT2D eigenvalue weighted by Gasteiger charge is 2.48. The number of hydrogen-bond donors (Lipinski definition) is 4. The Morgan fingerprint density at radius 1 is 0.958 bits per heavy atom. The number of benzene rings is 1. The number of rotatable bonds is 15. The van der Waals surface area contributed by atoms with Gasteiger partial charge >= 0.3 is 11.9 Å². The number of amides is 3. The number of aliphatic hydroxyl groups excluding tert-OH is 3. The first-order chi connectivity index (χ1) is 22.3. The van der Waals surface area contributed by atoms with Crippen molar-refractivity contribution < 1.29 is 63.1 Å². The van der Waals surface area contributed by atoms with Crippen molar-refractivity contribution in [2.75, 3.05) is 47.3 Å². The van der Waals surface area contributed by atoms with Gasteiger partial charge in [-0.2, -0.15) is 0 Å². The maximum Gasteiger partial charge on any atom is 0.335 e. The van der Waals surface area contributed by atoms with Gasteiger partial charge in [0, 0.05) is 37.2 Å². The van der Waals surface area contributed by atoms with Crippen LogP contribution >= 0.6 is 0 Å². The normalized spacial score (nSPS) is 22.9. The Balaban J connectivity index is 1.78. The molecule has 5 atom stereocenters. The molecule has 1 aromatic carbocycles. The van der Waals surface area contributed by atoms with Crippen molar-refractivity contribution in [1.29, 1.82) is 0 Å². The van der Waals surface area contributed by atoms with Gasteiger partial charge in [0.1, 0.15) is 37.2 Å². The van der Waals surface area contributed by atoms with E-state index in [1.54, 1.807) is 43.9 Å². The van der Waals surface area contributed by atoms with Crippen molar-refractivity contribution in [2.45, 2.75) is 77.3 Å².